The van der Waals surface area contributed by atoms with E-state index in [1.807, 2.05) is 25.1 Å². The van der Waals surface area contributed by atoms with Crippen molar-refractivity contribution in [3.8, 4) is 0 Å². The molecular formula is C13H18BrF3N2. The number of nitrogens with zero attached hydrogens (tertiary/aromatic N) is 1. The van der Waals surface area contributed by atoms with Crippen LogP contribution < -0.4 is 5.32 Å². The van der Waals surface area contributed by atoms with Crippen molar-refractivity contribution in [3.05, 3.63) is 33.8 Å². The molecule has 1 rings (SSSR count). The second kappa shape index (κ2) is 7.26. The van der Waals surface area contributed by atoms with Crippen molar-refractivity contribution in [2.75, 3.05) is 20.1 Å². The predicted octanol–water partition coefficient (Wildman–Crippen LogP) is 3.55. The van der Waals surface area contributed by atoms with Gasteiger partial charge in [0.15, 0.2) is 0 Å². The van der Waals surface area contributed by atoms with Gasteiger partial charge in [-0.25, -0.2) is 0 Å². The second-order valence-electron chi connectivity index (χ2n) is 4.49. The lowest BCUT2D eigenvalue weighted by Gasteiger charge is -2.19. The highest BCUT2D eigenvalue weighted by atomic mass is 79.9. The van der Waals surface area contributed by atoms with Gasteiger partial charge < -0.3 is 5.32 Å². The molecular weight excluding hydrogens is 321 g/mol. The molecule has 0 spiro atoms. The molecule has 0 amide bonds. The Morgan fingerprint density at radius 2 is 2.00 bits per heavy atom. The van der Waals surface area contributed by atoms with E-state index in [2.05, 4.69) is 21.2 Å². The topological polar surface area (TPSA) is 15.3 Å². The van der Waals surface area contributed by atoms with Gasteiger partial charge in [0.2, 0.25) is 0 Å². The molecule has 1 aromatic carbocycles. The summed E-state index contributed by atoms with van der Waals surface area (Å²) in [4.78, 5) is 1.25. The first-order valence-corrected chi connectivity index (χ1v) is 6.84. The highest BCUT2D eigenvalue weighted by Crippen LogP contribution is 2.22. The fourth-order valence-electron chi connectivity index (χ4n) is 1.75. The van der Waals surface area contributed by atoms with E-state index in [1.54, 1.807) is 0 Å². The highest BCUT2D eigenvalue weighted by molar-refractivity contribution is 9.10. The van der Waals surface area contributed by atoms with Crippen molar-refractivity contribution >= 4 is 15.9 Å². The molecule has 108 valence electrons. The molecule has 0 aromatic heterocycles. The molecule has 0 aliphatic heterocycles. The summed E-state index contributed by atoms with van der Waals surface area (Å²) in [5.74, 6) is 0. The summed E-state index contributed by atoms with van der Waals surface area (Å²) < 4.78 is 37.6. The Labute approximate surface area is 120 Å². The van der Waals surface area contributed by atoms with Crippen molar-refractivity contribution in [2.45, 2.75) is 26.2 Å². The number of nitrogens with one attached hydrogen (secondary N) is 1. The minimum atomic E-state index is -4.16. The highest BCUT2D eigenvalue weighted by Gasteiger charge is 2.29. The normalized spacial score (nSPS) is 12.2. The number of alkyl halides is 3. The maximum Gasteiger partial charge on any atom is 0.401 e. The van der Waals surface area contributed by atoms with E-state index >= 15 is 0 Å². The summed E-state index contributed by atoms with van der Waals surface area (Å²) in [7, 11) is 1.46. The molecule has 19 heavy (non-hydrogen) atoms. The van der Waals surface area contributed by atoms with E-state index in [9.17, 15) is 13.2 Å². The Kier molecular flexibility index (Phi) is 6.29. The molecule has 0 bridgehead atoms. The van der Waals surface area contributed by atoms with Crippen LogP contribution in [0, 0.1) is 0 Å². The first-order valence-electron chi connectivity index (χ1n) is 6.05. The Bertz CT molecular complexity index is 407. The fraction of sp³-hybridized carbons (Fsp3) is 0.538. The van der Waals surface area contributed by atoms with Gasteiger partial charge in [0.1, 0.15) is 0 Å². The van der Waals surface area contributed by atoms with Gasteiger partial charge in [0, 0.05) is 17.6 Å². The number of benzene rings is 1. The zero-order valence-corrected chi connectivity index (χ0v) is 12.6. The average Bonchev–Trinajstić information content (AvgIpc) is 2.27. The van der Waals surface area contributed by atoms with Crippen LogP contribution in [-0.4, -0.2) is 31.2 Å². The molecule has 0 atom stereocenters. The summed E-state index contributed by atoms with van der Waals surface area (Å²) in [6.45, 7) is 3.02. The third-order valence-electron chi connectivity index (χ3n) is 2.59. The number of halogens is 4. The Morgan fingerprint density at radius 3 is 2.53 bits per heavy atom. The van der Waals surface area contributed by atoms with E-state index in [1.165, 1.54) is 11.9 Å². The van der Waals surface area contributed by atoms with E-state index in [0.717, 1.165) is 28.7 Å². The van der Waals surface area contributed by atoms with Crippen LogP contribution in [0.1, 0.15) is 18.1 Å². The van der Waals surface area contributed by atoms with Crippen LogP contribution in [0.5, 0.6) is 0 Å². The first kappa shape index (κ1) is 16.5. The number of hydrogen-bond donors (Lipinski definition) is 1. The van der Waals surface area contributed by atoms with Gasteiger partial charge in [0.05, 0.1) is 6.54 Å². The van der Waals surface area contributed by atoms with Crippen LogP contribution in [-0.2, 0) is 13.1 Å². The number of hydrogen-bond acceptors (Lipinski definition) is 2. The molecule has 0 aliphatic rings. The van der Waals surface area contributed by atoms with Crippen molar-refractivity contribution in [3.63, 3.8) is 0 Å². The molecule has 0 saturated heterocycles. The molecule has 1 N–H and O–H groups in total. The summed E-state index contributed by atoms with van der Waals surface area (Å²) in [6, 6.07) is 5.74. The second-order valence-corrected chi connectivity index (χ2v) is 5.35. The SMILES string of the molecule is CCNCc1ccc(CN(C)CC(F)(F)F)c(Br)c1. The molecule has 2 nitrogen and oxygen atoms in total. The smallest absolute Gasteiger partial charge is 0.313 e. The van der Waals surface area contributed by atoms with Crippen LogP contribution in [0.3, 0.4) is 0 Å². The van der Waals surface area contributed by atoms with Crippen LogP contribution >= 0.6 is 15.9 Å². The van der Waals surface area contributed by atoms with Gasteiger partial charge in [0.25, 0.3) is 0 Å². The first-order chi connectivity index (χ1) is 8.81. The van der Waals surface area contributed by atoms with Gasteiger partial charge in [-0.1, -0.05) is 35.0 Å². The lowest BCUT2D eigenvalue weighted by atomic mass is 10.1. The number of rotatable bonds is 6. The van der Waals surface area contributed by atoms with Crippen LogP contribution in [0.15, 0.2) is 22.7 Å². The van der Waals surface area contributed by atoms with Gasteiger partial charge in [-0.2, -0.15) is 13.2 Å². The van der Waals surface area contributed by atoms with Crippen LogP contribution in [0.4, 0.5) is 13.2 Å². The van der Waals surface area contributed by atoms with Gasteiger partial charge >= 0.3 is 6.18 Å². The fourth-order valence-corrected chi connectivity index (χ4v) is 2.30. The minimum absolute atomic E-state index is 0.265. The molecule has 0 saturated carbocycles. The average molecular weight is 339 g/mol. The maximum absolute atomic E-state index is 12.3. The Hall–Kier alpha value is -0.590. The summed E-state index contributed by atoms with van der Waals surface area (Å²) in [5, 5.41) is 3.20. The lowest BCUT2D eigenvalue weighted by molar-refractivity contribution is -0.144. The summed E-state index contributed by atoms with van der Waals surface area (Å²) in [6.07, 6.45) is -4.16. The van der Waals surface area contributed by atoms with E-state index in [0.29, 0.717) is 0 Å². The summed E-state index contributed by atoms with van der Waals surface area (Å²) >= 11 is 3.41. The zero-order valence-electron chi connectivity index (χ0n) is 11.0. The quantitative estimate of drug-likeness (QED) is 0.853. The van der Waals surface area contributed by atoms with E-state index < -0.39 is 12.7 Å². The molecule has 1 aromatic rings. The van der Waals surface area contributed by atoms with Crippen LogP contribution in [0.25, 0.3) is 0 Å². The largest absolute Gasteiger partial charge is 0.401 e. The lowest BCUT2D eigenvalue weighted by Crippen LogP contribution is -2.30. The van der Waals surface area contributed by atoms with Gasteiger partial charge in [-0.05, 0) is 30.8 Å². The zero-order chi connectivity index (χ0) is 14.5. The molecule has 0 aliphatic carbocycles. The molecule has 0 heterocycles. The van der Waals surface area contributed by atoms with Crippen molar-refractivity contribution in [1.82, 2.24) is 10.2 Å². The van der Waals surface area contributed by atoms with Gasteiger partial charge in [-0.3, -0.25) is 4.90 Å². The predicted molar refractivity (Wildman–Crippen MR) is 73.9 cm³/mol. The Morgan fingerprint density at radius 1 is 1.32 bits per heavy atom. The third kappa shape index (κ3) is 6.40. The Balaban J connectivity index is 2.64. The summed E-state index contributed by atoms with van der Waals surface area (Å²) in [5.41, 5.74) is 1.96. The molecule has 6 heteroatoms. The molecule has 0 radical (unpaired) electrons. The monoisotopic (exact) mass is 338 g/mol. The standard InChI is InChI=1S/C13H18BrF3N2/c1-3-18-7-10-4-5-11(12(14)6-10)8-19(2)9-13(15,16)17/h4-6,18H,3,7-9H2,1-2H3. The third-order valence-corrected chi connectivity index (χ3v) is 3.32. The van der Waals surface area contributed by atoms with E-state index in [-0.39, 0.29) is 6.54 Å². The van der Waals surface area contributed by atoms with Crippen molar-refractivity contribution < 1.29 is 13.2 Å². The van der Waals surface area contributed by atoms with Crippen molar-refractivity contribution in [2.24, 2.45) is 0 Å². The molecule has 0 unspecified atom stereocenters. The molecule has 0 fully saturated rings. The minimum Gasteiger partial charge on any atom is -0.313 e. The van der Waals surface area contributed by atoms with Crippen LogP contribution in [0.2, 0.25) is 0 Å². The van der Waals surface area contributed by atoms with E-state index in [4.69, 9.17) is 0 Å². The maximum atomic E-state index is 12.3. The van der Waals surface area contributed by atoms with Crippen molar-refractivity contribution in [1.29, 1.82) is 0 Å². The van der Waals surface area contributed by atoms with Gasteiger partial charge in [-0.15, -0.1) is 0 Å².